The summed E-state index contributed by atoms with van der Waals surface area (Å²) in [6, 6.07) is 3.58. The maximum absolute atomic E-state index is 11.7. The lowest BCUT2D eigenvalue weighted by Gasteiger charge is -2.17. The fourth-order valence-electron chi connectivity index (χ4n) is 2.75. The molecule has 132 valence electrons. The van der Waals surface area contributed by atoms with Gasteiger partial charge in [-0.05, 0) is 58.1 Å². The highest BCUT2D eigenvalue weighted by molar-refractivity contribution is 5.69. The quantitative estimate of drug-likeness (QED) is 0.706. The molecule has 2 aromatic heterocycles. The summed E-state index contributed by atoms with van der Waals surface area (Å²) in [5.74, 6) is 1.62. The van der Waals surface area contributed by atoms with Crippen molar-refractivity contribution in [2.24, 2.45) is 5.92 Å². The van der Waals surface area contributed by atoms with Crippen molar-refractivity contribution in [1.82, 2.24) is 4.98 Å². The number of nitrogens with zero attached hydrogens (tertiary/aromatic N) is 1. The van der Waals surface area contributed by atoms with Crippen LogP contribution in [0.3, 0.4) is 0 Å². The Morgan fingerprint density at radius 1 is 1.46 bits per heavy atom. The van der Waals surface area contributed by atoms with Gasteiger partial charge in [0, 0.05) is 6.42 Å². The van der Waals surface area contributed by atoms with Gasteiger partial charge in [-0.25, -0.2) is 4.98 Å². The largest absolute Gasteiger partial charge is 0.466 e. The van der Waals surface area contributed by atoms with E-state index in [1.165, 1.54) is 0 Å². The highest BCUT2D eigenvalue weighted by Crippen LogP contribution is 2.25. The van der Waals surface area contributed by atoms with Crippen molar-refractivity contribution in [3.05, 3.63) is 29.9 Å². The predicted molar refractivity (Wildman–Crippen MR) is 88.3 cm³/mol. The van der Waals surface area contributed by atoms with Crippen LogP contribution in [-0.2, 0) is 16.0 Å². The lowest BCUT2D eigenvalue weighted by molar-refractivity contribution is -0.144. The highest BCUT2D eigenvalue weighted by atomic mass is 16.5. The molecule has 2 atom stereocenters. The molecule has 0 aliphatic carbocycles. The van der Waals surface area contributed by atoms with Crippen LogP contribution in [0.2, 0.25) is 0 Å². The van der Waals surface area contributed by atoms with E-state index in [4.69, 9.17) is 13.6 Å². The Labute approximate surface area is 141 Å². The molecule has 0 aromatic carbocycles. The molecule has 0 saturated carbocycles. The van der Waals surface area contributed by atoms with Gasteiger partial charge in [-0.15, -0.1) is 0 Å². The number of furan rings is 1. The molecule has 0 radical (unpaired) electrons. The first-order valence-corrected chi connectivity index (χ1v) is 8.33. The van der Waals surface area contributed by atoms with Crippen LogP contribution in [0.1, 0.15) is 44.6 Å². The van der Waals surface area contributed by atoms with Crippen molar-refractivity contribution in [2.45, 2.75) is 52.6 Å². The standard InChI is InChI=1S/C18H25NO5/c1-4-22-17(21)11-14(10-12(2)20)7-8-15-13(3)24-18(19-15)16-6-5-9-23-16/h5-6,9,12,14,20H,4,7-8,10-11H2,1-3H3. The SMILES string of the molecule is CCOC(=O)CC(CCc1nc(-c2ccco2)oc1C)CC(C)O. The Bertz CT molecular complexity index is 630. The minimum Gasteiger partial charge on any atom is -0.466 e. The molecule has 2 unspecified atom stereocenters. The normalized spacial score (nSPS) is 13.7. The molecule has 24 heavy (non-hydrogen) atoms. The second kappa shape index (κ2) is 8.68. The Morgan fingerprint density at radius 3 is 2.88 bits per heavy atom. The van der Waals surface area contributed by atoms with E-state index in [1.54, 1.807) is 32.2 Å². The highest BCUT2D eigenvalue weighted by Gasteiger charge is 2.19. The fourth-order valence-corrected chi connectivity index (χ4v) is 2.75. The first-order chi connectivity index (χ1) is 11.5. The lowest BCUT2D eigenvalue weighted by atomic mass is 9.92. The monoisotopic (exact) mass is 335 g/mol. The number of aliphatic hydroxyl groups is 1. The molecule has 0 spiro atoms. The number of aryl methyl sites for hydroxylation is 2. The van der Waals surface area contributed by atoms with Crippen molar-refractivity contribution in [3.8, 4) is 11.7 Å². The van der Waals surface area contributed by atoms with E-state index in [0.717, 1.165) is 17.9 Å². The smallest absolute Gasteiger partial charge is 0.306 e. The Hall–Kier alpha value is -2.08. The summed E-state index contributed by atoms with van der Waals surface area (Å²) in [5.41, 5.74) is 0.848. The van der Waals surface area contributed by atoms with Gasteiger partial charge in [-0.1, -0.05) is 0 Å². The number of hydrogen-bond acceptors (Lipinski definition) is 6. The lowest BCUT2D eigenvalue weighted by Crippen LogP contribution is -2.17. The van der Waals surface area contributed by atoms with Crippen LogP contribution in [0.5, 0.6) is 0 Å². The number of carbonyl (C=O) groups excluding carboxylic acids is 1. The molecule has 0 aliphatic heterocycles. The Morgan fingerprint density at radius 2 is 2.25 bits per heavy atom. The van der Waals surface area contributed by atoms with E-state index in [0.29, 0.717) is 37.5 Å². The summed E-state index contributed by atoms with van der Waals surface area (Å²) < 4.78 is 16.0. The summed E-state index contributed by atoms with van der Waals surface area (Å²) >= 11 is 0. The number of esters is 1. The molecule has 2 rings (SSSR count). The molecule has 0 aliphatic rings. The van der Waals surface area contributed by atoms with Gasteiger partial charge in [0.05, 0.1) is 24.7 Å². The minimum atomic E-state index is -0.457. The van der Waals surface area contributed by atoms with Crippen LogP contribution in [-0.4, -0.2) is 28.8 Å². The molecule has 0 bridgehead atoms. The molecule has 0 fully saturated rings. The first kappa shape index (κ1) is 18.3. The number of ether oxygens (including phenoxy) is 1. The zero-order valence-electron chi connectivity index (χ0n) is 14.4. The topological polar surface area (TPSA) is 85.7 Å². The average Bonchev–Trinajstić information content (AvgIpc) is 3.14. The third-order valence-corrected chi connectivity index (χ3v) is 3.85. The fraction of sp³-hybridized carbons (Fsp3) is 0.556. The molecular formula is C18H25NO5. The number of aromatic nitrogens is 1. The van der Waals surface area contributed by atoms with E-state index in [2.05, 4.69) is 4.98 Å². The van der Waals surface area contributed by atoms with Gasteiger partial charge in [0.25, 0.3) is 5.89 Å². The van der Waals surface area contributed by atoms with E-state index >= 15 is 0 Å². The van der Waals surface area contributed by atoms with Crippen molar-refractivity contribution in [2.75, 3.05) is 6.61 Å². The van der Waals surface area contributed by atoms with Crippen molar-refractivity contribution in [3.63, 3.8) is 0 Å². The maximum atomic E-state index is 11.7. The van der Waals surface area contributed by atoms with Crippen LogP contribution < -0.4 is 0 Å². The first-order valence-electron chi connectivity index (χ1n) is 8.33. The van der Waals surface area contributed by atoms with Gasteiger partial charge >= 0.3 is 5.97 Å². The van der Waals surface area contributed by atoms with Crippen molar-refractivity contribution < 1.29 is 23.5 Å². The van der Waals surface area contributed by atoms with Gasteiger partial charge in [0.15, 0.2) is 5.76 Å². The van der Waals surface area contributed by atoms with Crippen LogP contribution in [0.4, 0.5) is 0 Å². The number of hydrogen-bond donors (Lipinski definition) is 1. The van der Waals surface area contributed by atoms with Crippen molar-refractivity contribution >= 4 is 5.97 Å². The summed E-state index contributed by atoms with van der Waals surface area (Å²) in [5, 5.41) is 9.65. The molecular weight excluding hydrogens is 310 g/mol. The van der Waals surface area contributed by atoms with Crippen LogP contribution in [0.15, 0.2) is 27.2 Å². The third kappa shape index (κ3) is 5.23. The summed E-state index contributed by atoms with van der Waals surface area (Å²) in [4.78, 5) is 16.2. The van der Waals surface area contributed by atoms with E-state index < -0.39 is 6.10 Å². The van der Waals surface area contributed by atoms with Gasteiger partial charge in [-0.2, -0.15) is 0 Å². The summed E-state index contributed by atoms with van der Waals surface area (Å²) in [6.07, 6.45) is 3.39. The van der Waals surface area contributed by atoms with E-state index in [9.17, 15) is 9.90 Å². The molecule has 0 amide bonds. The minimum absolute atomic E-state index is 0.0483. The van der Waals surface area contributed by atoms with Crippen LogP contribution in [0, 0.1) is 12.8 Å². The second-order valence-corrected chi connectivity index (χ2v) is 6.00. The summed E-state index contributed by atoms with van der Waals surface area (Å²) in [6.45, 7) is 5.75. The zero-order chi connectivity index (χ0) is 17.5. The van der Waals surface area contributed by atoms with Crippen LogP contribution in [0.25, 0.3) is 11.7 Å². The van der Waals surface area contributed by atoms with Gasteiger partial charge in [0.2, 0.25) is 0 Å². The van der Waals surface area contributed by atoms with Gasteiger partial charge in [-0.3, -0.25) is 4.79 Å². The molecule has 2 aromatic rings. The summed E-state index contributed by atoms with van der Waals surface area (Å²) in [7, 11) is 0. The number of oxazole rings is 1. The molecule has 0 saturated heterocycles. The Kier molecular flexibility index (Phi) is 6.61. The maximum Gasteiger partial charge on any atom is 0.306 e. The van der Waals surface area contributed by atoms with Gasteiger partial charge < -0.3 is 18.7 Å². The number of aliphatic hydroxyl groups excluding tert-OH is 1. The third-order valence-electron chi connectivity index (χ3n) is 3.85. The predicted octanol–water partition coefficient (Wildman–Crippen LogP) is 3.52. The van der Waals surface area contributed by atoms with Crippen LogP contribution >= 0.6 is 0 Å². The van der Waals surface area contributed by atoms with E-state index in [1.807, 2.05) is 6.92 Å². The zero-order valence-corrected chi connectivity index (χ0v) is 14.4. The molecule has 6 heteroatoms. The molecule has 6 nitrogen and oxygen atoms in total. The average molecular weight is 335 g/mol. The number of rotatable bonds is 9. The Balaban J connectivity index is 1.99. The van der Waals surface area contributed by atoms with Crippen molar-refractivity contribution in [1.29, 1.82) is 0 Å². The molecule has 1 N–H and O–H groups in total. The number of carbonyl (C=O) groups is 1. The second-order valence-electron chi connectivity index (χ2n) is 6.00. The molecule has 2 heterocycles. The van der Waals surface area contributed by atoms with Gasteiger partial charge in [0.1, 0.15) is 5.76 Å². The van der Waals surface area contributed by atoms with E-state index in [-0.39, 0.29) is 11.9 Å².